The zero-order chi connectivity index (χ0) is 21.9. The first kappa shape index (κ1) is 21.6. The molecule has 0 bridgehead atoms. The van der Waals surface area contributed by atoms with Crippen LogP contribution in [0.3, 0.4) is 0 Å². The number of benzene rings is 2. The van der Waals surface area contributed by atoms with Crippen molar-refractivity contribution in [2.75, 3.05) is 18.0 Å². The summed E-state index contributed by atoms with van der Waals surface area (Å²) in [5.41, 5.74) is 1.70. The number of ether oxygens (including phenoxy) is 1. The quantitative estimate of drug-likeness (QED) is 0.524. The standard InChI is InChI=1S/C22H24N2O5S/c1-5-16-12-13-18(14-19(16)22(25)28-4)30(26,27)24(6-2)20-15(3)29-21(23-20)17-10-8-7-9-11-17/h7-14H,5-6H2,1-4H3. The van der Waals surface area contributed by atoms with Gasteiger partial charge in [0, 0.05) is 12.1 Å². The molecule has 0 radical (unpaired) electrons. The summed E-state index contributed by atoms with van der Waals surface area (Å²) in [5.74, 6) is 0.373. The van der Waals surface area contributed by atoms with Crippen LogP contribution in [-0.4, -0.2) is 33.0 Å². The van der Waals surface area contributed by atoms with Crippen molar-refractivity contribution in [3.63, 3.8) is 0 Å². The molecule has 0 amide bonds. The van der Waals surface area contributed by atoms with Crippen LogP contribution in [0, 0.1) is 6.92 Å². The third kappa shape index (κ3) is 3.95. The Balaban J connectivity index is 2.07. The minimum absolute atomic E-state index is 0.00869. The van der Waals surface area contributed by atoms with Gasteiger partial charge in [-0.3, -0.25) is 0 Å². The highest BCUT2D eigenvalue weighted by Gasteiger charge is 2.29. The van der Waals surface area contributed by atoms with Gasteiger partial charge in [-0.1, -0.05) is 31.2 Å². The lowest BCUT2D eigenvalue weighted by Gasteiger charge is -2.21. The van der Waals surface area contributed by atoms with E-state index in [1.165, 1.54) is 23.5 Å². The molecule has 8 heteroatoms. The average molecular weight is 429 g/mol. The topological polar surface area (TPSA) is 89.7 Å². The molecule has 3 aromatic rings. The summed E-state index contributed by atoms with van der Waals surface area (Å²) in [6.07, 6.45) is 0.574. The third-order valence-electron chi connectivity index (χ3n) is 4.77. The van der Waals surface area contributed by atoms with Crippen LogP contribution in [-0.2, 0) is 21.2 Å². The molecule has 0 fully saturated rings. The Morgan fingerprint density at radius 3 is 2.43 bits per heavy atom. The maximum Gasteiger partial charge on any atom is 0.338 e. The third-order valence-corrected chi connectivity index (χ3v) is 6.63. The van der Waals surface area contributed by atoms with Crippen LogP contribution < -0.4 is 4.31 Å². The lowest BCUT2D eigenvalue weighted by molar-refractivity contribution is 0.0599. The predicted molar refractivity (Wildman–Crippen MR) is 114 cm³/mol. The summed E-state index contributed by atoms with van der Waals surface area (Å²) in [6, 6.07) is 13.8. The Hall–Kier alpha value is -3.13. The van der Waals surface area contributed by atoms with Crippen molar-refractivity contribution in [2.45, 2.75) is 32.1 Å². The van der Waals surface area contributed by atoms with E-state index in [1.807, 2.05) is 37.3 Å². The number of rotatable bonds is 7. The van der Waals surface area contributed by atoms with Gasteiger partial charge in [-0.05, 0) is 50.1 Å². The summed E-state index contributed by atoms with van der Waals surface area (Å²) in [6.45, 7) is 5.42. The number of hydrogen-bond donors (Lipinski definition) is 0. The van der Waals surface area contributed by atoms with Crippen molar-refractivity contribution in [1.82, 2.24) is 4.98 Å². The fourth-order valence-corrected chi connectivity index (χ4v) is 4.71. The van der Waals surface area contributed by atoms with Crippen molar-refractivity contribution >= 4 is 21.8 Å². The zero-order valence-corrected chi connectivity index (χ0v) is 18.2. The molecule has 2 aromatic carbocycles. The number of sulfonamides is 1. The average Bonchev–Trinajstić information content (AvgIpc) is 3.14. The van der Waals surface area contributed by atoms with Gasteiger partial charge in [-0.25, -0.2) is 17.5 Å². The van der Waals surface area contributed by atoms with Crippen LogP contribution in [0.1, 0.15) is 35.5 Å². The van der Waals surface area contributed by atoms with Crippen LogP contribution in [0.5, 0.6) is 0 Å². The molecule has 30 heavy (non-hydrogen) atoms. The van der Waals surface area contributed by atoms with Crippen molar-refractivity contribution in [3.8, 4) is 11.5 Å². The zero-order valence-electron chi connectivity index (χ0n) is 17.4. The molecule has 0 atom stereocenters. The molecule has 0 saturated heterocycles. The maximum atomic E-state index is 13.4. The molecule has 0 unspecified atom stereocenters. The Morgan fingerprint density at radius 1 is 1.13 bits per heavy atom. The monoisotopic (exact) mass is 428 g/mol. The molecule has 0 aliphatic carbocycles. The lowest BCUT2D eigenvalue weighted by atomic mass is 10.1. The molecule has 0 aliphatic rings. The van der Waals surface area contributed by atoms with Gasteiger partial charge in [0.2, 0.25) is 5.89 Å². The van der Waals surface area contributed by atoms with Crippen molar-refractivity contribution in [2.24, 2.45) is 0 Å². The van der Waals surface area contributed by atoms with Crippen LogP contribution in [0.25, 0.3) is 11.5 Å². The van der Waals surface area contributed by atoms with Crippen LogP contribution >= 0.6 is 0 Å². The largest absolute Gasteiger partial charge is 0.465 e. The number of nitrogens with zero attached hydrogens (tertiary/aromatic N) is 2. The summed E-state index contributed by atoms with van der Waals surface area (Å²) in [4.78, 5) is 16.6. The number of esters is 1. The van der Waals surface area contributed by atoms with Crippen molar-refractivity contribution in [1.29, 1.82) is 0 Å². The number of carbonyl (C=O) groups excluding carboxylic acids is 1. The highest BCUT2D eigenvalue weighted by atomic mass is 32.2. The summed E-state index contributed by atoms with van der Waals surface area (Å²) in [5, 5.41) is 0. The minimum Gasteiger partial charge on any atom is -0.465 e. The Kier molecular flexibility index (Phi) is 6.26. The van der Waals surface area contributed by atoms with E-state index in [0.717, 1.165) is 5.56 Å². The smallest absolute Gasteiger partial charge is 0.338 e. The molecule has 1 heterocycles. The first-order valence-electron chi connectivity index (χ1n) is 9.60. The summed E-state index contributed by atoms with van der Waals surface area (Å²) < 4.78 is 38.6. The number of carbonyl (C=O) groups is 1. The highest BCUT2D eigenvalue weighted by molar-refractivity contribution is 7.92. The van der Waals surface area contributed by atoms with Gasteiger partial charge in [-0.2, -0.15) is 4.98 Å². The number of aromatic nitrogens is 1. The lowest BCUT2D eigenvalue weighted by Crippen LogP contribution is -2.31. The van der Waals surface area contributed by atoms with Gasteiger partial charge >= 0.3 is 5.97 Å². The van der Waals surface area contributed by atoms with E-state index in [1.54, 1.807) is 19.9 Å². The van der Waals surface area contributed by atoms with E-state index in [4.69, 9.17) is 9.15 Å². The fraction of sp³-hybridized carbons (Fsp3) is 0.273. The van der Waals surface area contributed by atoms with E-state index >= 15 is 0 Å². The second kappa shape index (κ2) is 8.71. The van der Waals surface area contributed by atoms with Gasteiger partial charge < -0.3 is 9.15 Å². The van der Waals surface area contributed by atoms with E-state index in [0.29, 0.717) is 23.6 Å². The maximum absolute atomic E-state index is 13.4. The number of anilines is 1. The number of hydrogen-bond acceptors (Lipinski definition) is 6. The molecule has 3 rings (SSSR count). The minimum atomic E-state index is -3.98. The molecular weight excluding hydrogens is 404 g/mol. The molecular formula is C22H24N2O5S. The predicted octanol–water partition coefficient (Wildman–Crippen LogP) is 4.21. The van der Waals surface area contributed by atoms with E-state index in [2.05, 4.69) is 4.98 Å². The van der Waals surface area contributed by atoms with Gasteiger partial charge in [0.1, 0.15) is 5.76 Å². The highest BCUT2D eigenvalue weighted by Crippen LogP contribution is 2.31. The molecule has 0 saturated carbocycles. The first-order valence-corrected chi connectivity index (χ1v) is 11.0. The Bertz CT molecular complexity index is 1150. The summed E-state index contributed by atoms with van der Waals surface area (Å²) >= 11 is 0. The number of aryl methyl sites for hydroxylation is 2. The number of oxazole rings is 1. The van der Waals surface area contributed by atoms with Gasteiger partial charge in [0.25, 0.3) is 10.0 Å². The Morgan fingerprint density at radius 2 is 1.83 bits per heavy atom. The Labute approximate surface area is 176 Å². The molecule has 1 aromatic heterocycles. The van der Waals surface area contributed by atoms with Gasteiger partial charge in [-0.15, -0.1) is 0 Å². The molecule has 0 N–H and O–H groups in total. The van der Waals surface area contributed by atoms with Crippen molar-refractivity contribution < 1.29 is 22.4 Å². The van der Waals surface area contributed by atoms with Gasteiger partial charge in [0.15, 0.2) is 5.82 Å². The normalized spacial score (nSPS) is 11.3. The second-order valence-corrected chi connectivity index (χ2v) is 8.46. The van der Waals surface area contributed by atoms with Crippen molar-refractivity contribution in [3.05, 3.63) is 65.4 Å². The van der Waals surface area contributed by atoms with E-state index < -0.39 is 16.0 Å². The second-order valence-electron chi connectivity index (χ2n) is 6.60. The summed E-state index contributed by atoms with van der Waals surface area (Å²) in [7, 11) is -2.71. The van der Waals surface area contributed by atoms with Crippen LogP contribution in [0.2, 0.25) is 0 Å². The van der Waals surface area contributed by atoms with E-state index in [9.17, 15) is 13.2 Å². The van der Waals surface area contributed by atoms with Crippen LogP contribution in [0.4, 0.5) is 5.82 Å². The van der Waals surface area contributed by atoms with Crippen LogP contribution in [0.15, 0.2) is 57.8 Å². The van der Waals surface area contributed by atoms with Gasteiger partial charge in [0.05, 0.1) is 17.6 Å². The fourth-order valence-electron chi connectivity index (χ4n) is 3.21. The molecule has 7 nitrogen and oxygen atoms in total. The molecule has 158 valence electrons. The molecule has 0 spiro atoms. The number of methoxy groups -OCH3 is 1. The SMILES string of the molecule is CCc1ccc(S(=O)(=O)N(CC)c2nc(-c3ccccc3)oc2C)cc1C(=O)OC. The van der Waals surface area contributed by atoms with E-state index in [-0.39, 0.29) is 22.8 Å². The molecule has 0 aliphatic heterocycles. The first-order chi connectivity index (χ1) is 14.3.